The molecule has 0 amide bonds. The van der Waals surface area contributed by atoms with Gasteiger partial charge in [-0.15, -0.1) is 0 Å². The van der Waals surface area contributed by atoms with Crippen LogP contribution in [0, 0.1) is 17.7 Å². The predicted molar refractivity (Wildman–Crippen MR) is 109 cm³/mol. The van der Waals surface area contributed by atoms with Crippen LogP contribution in [0.1, 0.15) is 37.3 Å². The van der Waals surface area contributed by atoms with Crippen LogP contribution in [0.5, 0.6) is 0 Å². The van der Waals surface area contributed by atoms with Crippen LogP contribution in [0.15, 0.2) is 53.4 Å². The van der Waals surface area contributed by atoms with Gasteiger partial charge in [0.2, 0.25) is 0 Å². The molecule has 2 aromatic carbocycles. The van der Waals surface area contributed by atoms with E-state index in [9.17, 15) is 4.39 Å². The lowest BCUT2D eigenvalue weighted by Crippen LogP contribution is -2.38. The Morgan fingerprint density at radius 3 is 2.59 bits per heavy atom. The largest absolute Gasteiger partial charge is 0.301 e. The van der Waals surface area contributed by atoms with Crippen LogP contribution in [0.25, 0.3) is 0 Å². The van der Waals surface area contributed by atoms with Gasteiger partial charge in [0, 0.05) is 31.1 Å². The highest BCUT2D eigenvalue weighted by molar-refractivity contribution is 7.97. The Bertz CT molecular complexity index is 835. The van der Waals surface area contributed by atoms with Gasteiger partial charge >= 0.3 is 0 Å². The quantitative estimate of drug-likeness (QED) is 0.678. The molecule has 0 radical (unpaired) electrons. The SMILES string of the molecule is CC1(C)c2ccccc2SN1CCN1CC2CC(c3ccc(F)cc3)C2C1. The van der Waals surface area contributed by atoms with Crippen LogP contribution in [0.2, 0.25) is 0 Å². The second kappa shape index (κ2) is 6.61. The lowest BCUT2D eigenvalue weighted by Gasteiger charge is -2.40. The van der Waals surface area contributed by atoms with E-state index < -0.39 is 0 Å². The average molecular weight is 383 g/mol. The van der Waals surface area contributed by atoms with Crippen molar-refractivity contribution in [1.29, 1.82) is 0 Å². The summed E-state index contributed by atoms with van der Waals surface area (Å²) in [6, 6.07) is 16.0. The van der Waals surface area contributed by atoms with Crippen LogP contribution in [0.3, 0.4) is 0 Å². The van der Waals surface area contributed by atoms with E-state index in [0.29, 0.717) is 5.92 Å². The van der Waals surface area contributed by atoms with Gasteiger partial charge in [-0.3, -0.25) is 0 Å². The topological polar surface area (TPSA) is 6.48 Å². The first-order chi connectivity index (χ1) is 13.0. The van der Waals surface area contributed by atoms with Crippen molar-refractivity contribution in [2.75, 3.05) is 26.2 Å². The van der Waals surface area contributed by atoms with Crippen molar-refractivity contribution in [3.63, 3.8) is 0 Å². The van der Waals surface area contributed by atoms with Gasteiger partial charge in [0.25, 0.3) is 0 Å². The molecule has 3 atom stereocenters. The van der Waals surface area contributed by atoms with E-state index in [1.165, 1.54) is 35.5 Å². The van der Waals surface area contributed by atoms with Gasteiger partial charge in [0.15, 0.2) is 0 Å². The van der Waals surface area contributed by atoms with Crippen LogP contribution < -0.4 is 0 Å². The molecular formula is C23H27FN2S. The molecule has 0 bridgehead atoms. The minimum atomic E-state index is -0.130. The number of benzene rings is 2. The lowest BCUT2D eigenvalue weighted by atomic mass is 9.64. The van der Waals surface area contributed by atoms with Gasteiger partial charge in [0.05, 0.1) is 5.54 Å². The summed E-state index contributed by atoms with van der Waals surface area (Å²) in [5.74, 6) is 2.08. The standard InChI is InChI=1S/C23H27FN2S/c1-23(2)21-5-3-4-6-22(21)27-26(23)12-11-25-14-17-13-19(20(17)15-25)16-7-9-18(24)10-8-16/h3-10,17,19-20H,11-15H2,1-2H3. The number of hydrogen-bond donors (Lipinski definition) is 0. The molecule has 0 N–H and O–H groups in total. The Hall–Kier alpha value is -1.36. The zero-order valence-electron chi connectivity index (χ0n) is 16.1. The smallest absolute Gasteiger partial charge is 0.123 e. The van der Waals surface area contributed by atoms with Crippen molar-refractivity contribution in [2.24, 2.45) is 11.8 Å². The summed E-state index contributed by atoms with van der Waals surface area (Å²) in [5.41, 5.74) is 2.87. The maximum Gasteiger partial charge on any atom is 0.123 e. The molecule has 2 aromatic rings. The molecular weight excluding hydrogens is 355 g/mol. The second-order valence-corrected chi connectivity index (χ2v) is 9.89. The molecule has 3 unspecified atom stereocenters. The summed E-state index contributed by atoms with van der Waals surface area (Å²) in [5, 5.41) is 0. The molecule has 2 heterocycles. The molecule has 1 saturated carbocycles. The van der Waals surface area contributed by atoms with E-state index in [-0.39, 0.29) is 11.4 Å². The van der Waals surface area contributed by atoms with E-state index in [4.69, 9.17) is 0 Å². The van der Waals surface area contributed by atoms with Crippen molar-refractivity contribution in [3.8, 4) is 0 Å². The molecule has 142 valence electrons. The van der Waals surface area contributed by atoms with Crippen LogP contribution in [-0.4, -0.2) is 35.4 Å². The summed E-state index contributed by atoms with van der Waals surface area (Å²) in [7, 11) is 0. The normalized spacial score (nSPS) is 29.4. The third-order valence-electron chi connectivity index (χ3n) is 6.94. The maximum absolute atomic E-state index is 13.2. The summed E-state index contributed by atoms with van der Waals surface area (Å²) < 4.78 is 15.7. The lowest BCUT2D eigenvalue weighted by molar-refractivity contribution is 0.191. The van der Waals surface area contributed by atoms with E-state index in [1.54, 1.807) is 12.1 Å². The van der Waals surface area contributed by atoms with Crippen LogP contribution in [0.4, 0.5) is 4.39 Å². The number of halogens is 1. The number of rotatable bonds is 4. The number of likely N-dealkylation sites (tertiary alicyclic amines) is 1. The summed E-state index contributed by atoms with van der Waals surface area (Å²) in [4.78, 5) is 4.05. The van der Waals surface area contributed by atoms with Crippen molar-refractivity contribution < 1.29 is 4.39 Å². The first-order valence-corrected chi connectivity index (χ1v) is 10.8. The van der Waals surface area contributed by atoms with E-state index >= 15 is 0 Å². The zero-order chi connectivity index (χ0) is 18.6. The fourth-order valence-electron chi connectivity index (χ4n) is 5.25. The van der Waals surface area contributed by atoms with Crippen LogP contribution in [-0.2, 0) is 5.54 Å². The molecule has 0 aromatic heterocycles. The predicted octanol–water partition coefficient (Wildman–Crippen LogP) is 5.12. The third-order valence-corrected chi connectivity index (χ3v) is 8.35. The highest BCUT2D eigenvalue weighted by Crippen LogP contribution is 2.52. The van der Waals surface area contributed by atoms with Crippen LogP contribution >= 0.6 is 11.9 Å². The third kappa shape index (κ3) is 3.02. The Balaban J connectivity index is 1.19. The van der Waals surface area contributed by atoms with Crippen molar-refractivity contribution >= 4 is 11.9 Å². The first kappa shape index (κ1) is 17.7. The summed E-state index contributed by atoms with van der Waals surface area (Å²) in [6.45, 7) is 9.32. The number of fused-ring (bicyclic) bond motifs is 2. The highest BCUT2D eigenvalue weighted by atomic mass is 32.2. The maximum atomic E-state index is 13.2. The minimum Gasteiger partial charge on any atom is -0.301 e. The van der Waals surface area contributed by atoms with Gasteiger partial charge in [-0.1, -0.05) is 30.3 Å². The molecule has 2 aliphatic heterocycles. The van der Waals surface area contributed by atoms with E-state index in [2.05, 4.69) is 47.3 Å². The van der Waals surface area contributed by atoms with Crippen molar-refractivity contribution in [3.05, 3.63) is 65.5 Å². The van der Waals surface area contributed by atoms with Crippen molar-refractivity contribution in [2.45, 2.75) is 36.6 Å². The molecule has 27 heavy (non-hydrogen) atoms. The number of hydrogen-bond acceptors (Lipinski definition) is 3. The van der Waals surface area contributed by atoms with Gasteiger partial charge in [0.1, 0.15) is 5.82 Å². The van der Waals surface area contributed by atoms with Gasteiger partial charge in [-0.25, -0.2) is 8.70 Å². The summed E-state index contributed by atoms with van der Waals surface area (Å²) >= 11 is 1.91. The molecule has 1 aliphatic carbocycles. The van der Waals surface area contributed by atoms with E-state index in [0.717, 1.165) is 24.9 Å². The van der Waals surface area contributed by atoms with Crippen molar-refractivity contribution in [1.82, 2.24) is 9.21 Å². The first-order valence-electron chi connectivity index (χ1n) is 10.1. The zero-order valence-corrected chi connectivity index (χ0v) is 16.9. The molecule has 2 nitrogen and oxygen atoms in total. The van der Waals surface area contributed by atoms with E-state index in [1.807, 2.05) is 24.1 Å². The Labute approximate surface area is 165 Å². The fraction of sp³-hybridized carbons (Fsp3) is 0.478. The highest BCUT2D eigenvalue weighted by Gasteiger charge is 2.47. The molecule has 2 fully saturated rings. The molecule has 4 heteroatoms. The molecule has 0 spiro atoms. The van der Waals surface area contributed by atoms with Gasteiger partial charge in [-0.05, 0) is 79.3 Å². The molecule has 1 saturated heterocycles. The molecule has 3 aliphatic rings. The fourth-order valence-corrected chi connectivity index (χ4v) is 6.54. The minimum absolute atomic E-state index is 0.0939. The molecule has 5 rings (SSSR count). The Morgan fingerprint density at radius 2 is 1.81 bits per heavy atom. The van der Waals surface area contributed by atoms with Gasteiger partial charge in [-0.2, -0.15) is 0 Å². The Kier molecular flexibility index (Phi) is 4.34. The Morgan fingerprint density at radius 1 is 1.04 bits per heavy atom. The monoisotopic (exact) mass is 382 g/mol. The average Bonchev–Trinajstić information content (AvgIpc) is 3.10. The number of nitrogens with zero attached hydrogens (tertiary/aromatic N) is 2. The second-order valence-electron chi connectivity index (χ2n) is 8.83. The summed E-state index contributed by atoms with van der Waals surface area (Å²) in [6.07, 6.45) is 1.27. The van der Waals surface area contributed by atoms with Gasteiger partial charge < -0.3 is 4.90 Å².